The number of esters is 2. The van der Waals surface area contributed by atoms with E-state index in [-0.39, 0.29) is 5.57 Å². The third kappa shape index (κ3) is 5.68. The molecule has 0 aliphatic rings. The second kappa shape index (κ2) is 10.9. The molecule has 146 valence electrons. The summed E-state index contributed by atoms with van der Waals surface area (Å²) in [4.78, 5) is 24.2. The van der Waals surface area contributed by atoms with Crippen LogP contribution in [0.15, 0.2) is 71.8 Å². The Labute approximate surface area is 166 Å². The first-order chi connectivity index (χ1) is 13.6. The molecule has 0 amide bonds. The minimum Gasteiger partial charge on any atom is -0.465 e. The summed E-state index contributed by atoms with van der Waals surface area (Å²) in [6, 6.07) is 18.2. The predicted molar refractivity (Wildman–Crippen MR) is 111 cm³/mol. The van der Waals surface area contributed by atoms with E-state index < -0.39 is 11.9 Å². The summed E-state index contributed by atoms with van der Waals surface area (Å²) in [6.45, 7) is 2.06. The van der Waals surface area contributed by atoms with E-state index in [0.717, 1.165) is 29.5 Å². The van der Waals surface area contributed by atoms with Crippen LogP contribution in [0.4, 0.5) is 0 Å². The van der Waals surface area contributed by atoms with Gasteiger partial charge in [-0.05, 0) is 35.1 Å². The van der Waals surface area contributed by atoms with Gasteiger partial charge in [-0.2, -0.15) is 0 Å². The zero-order valence-electron chi connectivity index (χ0n) is 16.6. The largest absolute Gasteiger partial charge is 0.465 e. The Bertz CT molecular complexity index is 828. The van der Waals surface area contributed by atoms with Gasteiger partial charge in [-0.15, -0.1) is 0 Å². The van der Waals surface area contributed by atoms with Crippen molar-refractivity contribution in [2.75, 3.05) is 14.2 Å². The van der Waals surface area contributed by atoms with Gasteiger partial charge in [-0.3, -0.25) is 0 Å². The number of carbonyl (C=O) groups excluding carboxylic acids is 2. The van der Waals surface area contributed by atoms with Gasteiger partial charge >= 0.3 is 11.9 Å². The molecule has 0 atom stereocenters. The molecule has 0 aromatic heterocycles. The molecular weight excluding hydrogens is 352 g/mol. The average molecular weight is 378 g/mol. The highest BCUT2D eigenvalue weighted by Crippen LogP contribution is 2.22. The molecular formula is C24H26O4. The monoisotopic (exact) mass is 378 g/mol. The molecule has 0 bridgehead atoms. The summed E-state index contributed by atoms with van der Waals surface area (Å²) in [7, 11) is 2.52. The molecule has 0 saturated carbocycles. The van der Waals surface area contributed by atoms with Crippen LogP contribution in [0.3, 0.4) is 0 Å². The molecule has 0 heterocycles. The lowest BCUT2D eigenvalue weighted by Crippen LogP contribution is -2.18. The zero-order valence-corrected chi connectivity index (χ0v) is 16.6. The predicted octanol–water partition coefficient (Wildman–Crippen LogP) is 5.20. The number of hydrogen-bond donors (Lipinski definition) is 0. The van der Waals surface area contributed by atoms with Gasteiger partial charge in [0, 0.05) is 0 Å². The molecule has 28 heavy (non-hydrogen) atoms. The van der Waals surface area contributed by atoms with E-state index in [9.17, 15) is 9.59 Å². The van der Waals surface area contributed by atoms with Crippen molar-refractivity contribution in [3.05, 3.63) is 77.4 Å². The van der Waals surface area contributed by atoms with E-state index in [1.165, 1.54) is 14.2 Å². The molecule has 0 aliphatic heterocycles. The van der Waals surface area contributed by atoms with E-state index in [2.05, 4.69) is 19.1 Å². The highest BCUT2D eigenvalue weighted by Gasteiger charge is 2.23. The van der Waals surface area contributed by atoms with Crippen molar-refractivity contribution in [3.8, 4) is 11.1 Å². The van der Waals surface area contributed by atoms with Crippen molar-refractivity contribution in [2.45, 2.75) is 26.2 Å². The van der Waals surface area contributed by atoms with E-state index in [1.807, 2.05) is 48.5 Å². The number of ether oxygens (including phenoxy) is 2. The number of methoxy groups -OCH3 is 2. The van der Waals surface area contributed by atoms with Gasteiger partial charge in [0.25, 0.3) is 0 Å². The van der Waals surface area contributed by atoms with Gasteiger partial charge in [-0.25, -0.2) is 9.59 Å². The first-order valence-electron chi connectivity index (χ1n) is 9.34. The van der Waals surface area contributed by atoms with Crippen molar-refractivity contribution in [3.63, 3.8) is 0 Å². The Balaban J connectivity index is 2.32. The minimum absolute atomic E-state index is 0.0457. The van der Waals surface area contributed by atoms with Crippen LogP contribution in [-0.2, 0) is 19.1 Å². The highest BCUT2D eigenvalue weighted by molar-refractivity contribution is 6.15. The topological polar surface area (TPSA) is 52.6 Å². The fourth-order valence-electron chi connectivity index (χ4n) is 2.82. The molecule has 2 rings (SSSR count). The Kier molecular flexibility index (Phi) is 8.22. The average Bonchev–Trinajstić information content (AvgIpc) is 2.75. The molecule has 0 spiro atoms. The van der Waals surface area contributed by atoms with E-state index in [4.69, 9.17) is 9.47 Å². The van der Waals surface area contributed by atoms with Crippen LogP contribution < -0.4 is 0 Å². The van der Waals surface area contributed by atoms with Crippen LogP contribution in [0, 0.1) is 0 Å². The van der Waals surface area contributed by atoms with Gasteiger partial charge in [-0.1, -0.05) is 80.1 Å². The number of allylic oxidation sites excluding steroid dienone is 2. The van der Waals surface area contributed by atoms with Crippen molar-refractivity contribution >= 4 is 18.0 Å². The van der Waals surface area contributed by atoms with Gasteiger partial charge < -0.3 is 9.47 Å². The van der Waals surface area contributed by atoms with Gasteiger partial charge in [0.15, 0.2) is 0 Å². The molecule has 0 unspecified atom stereocenters. The Morgan fingerprint density at radius 2 is 1.43 bits per heavy atom. The van der Waals surface area contributed by atoms with E-state index >= 15 is 0 Å². The number of unbranched alkanes of at least 4 members (excludes halogenated alkanes) is 1. The van der Waals surface area contributed by atoms with Crippen molar-refractivity contribution in [1.82, 2.24) is 0 Å². The summed E-state index contributed by atoms with van der Waals surface area (Å²) >= 11 is 0. The summed E-state index contributed by atoms with van der Waals surface area (Å²) in [5, 5.41) is 0. The van der Waals surface area contributed by atoms with E-state index in [1.54, 1.807) is 6.08 Å². The summed E-state index contributed by atoms with van der Waals surface area (Å²) in [5.74, 6) is -1.36. The lowest BCUT2D eigenvalue weighted by Gasteiger charge is -2.09. The van der Waals surface area contributed by atoms with Crippen LogP contribution in [0.1, 0.15) is 31.7 Å². The summed E-state index contributed by atoms with van der Waals surface area (Å²) in [6.07, 6.45) is 6.08. The second-order valence-electron chi connectivity index (χ2n) is 6.31. The summed E-state index contributed by atoms with van der Waals surface area (Å²) in [5.41, 5.74) is 3.83. The number of rotatable bonds is 8. The Morgan fingerprint density at radius 1 is 0.857 bits per heavy atom. The van der Waals surface area contributed by atoms with Crippen LogP contribution in [0.5, 0.6) is 0 Å². The fourth-order valence-corrected chi connectivity index (χ4v) is 2.82. The third-order valence-corrected chi connectivity index (χ3v) is 4.39. The molecule has 0 saturated heterocycles. The molecule has 2 aromatic carbocycles. The van der Waals surface area contributed by atoms with Gasteiger partial charge in [0.05, 0.1) is 14.2 Å². The normalized spacial score (nSPS) is 10.5. The molecule has 0 aliphatic carbocycles. The summed E-state index contributed by atoms with van der Waals surface area (Å²) < 4.78 is 9.56. The standard InChI is InChI=1S/C24H26O4/c1-4-5-9-21(22(23(25)27-2)24(26)28-3)17-14-18-12-15-20(16-13-18)19-10-7-6-8-11-19/h6-8,10-17H,4-5,9H2,1-3H3/b17-14+. The highest BCUT2D eigenvalue weighted by atomic mass is 16.5. The second-order valence-corrected chi connectivity index (χ2v) is 6.31. The first-order valence-corrected chi connectivity index (χ1v) is 9.34. The lowest BCUT2D eigenvalue weighted by molar-refractivity contribution is -0.144. The third-order valence-electron chi connectivity index (χ3n) is 4.39. The molecule has 0 radical (unpaired) electrons. The Morgan fingerprint density at radius 3 is 1.96 bits per heavy atom. The van der Waals surface area contributed by atoms with Crippen LogP contribution in [-0.4, -0.2) is 26.2 Å². The van der Waals surface area contributed by atoms with Gasteiger partial charge in [0.2, 0.25) is 0 Å². The number of benzene rings is 2. The lowest BCUT2D eigenvalue weighted by atomic mass is 9.99. The van der Waals surface area contributed by atoms with Gasteiger partial charge in [0.1, 0.15) is 5.57 Å². The number of hydrogen-bond acceptors (Lipinski definition) is 4. The SMILES string of the molecule is CCCCC(/C=C/c1ccc(-c2ccccc2)cc1)=C(C(=O)OC)C(=O)OC. The van der Waals surface area contributed by atoms with Crippen LogP contribution in [0.2, 0.25) is 0 Å². The smallest absolute Gasteiger partial charge is 0.345 e. The number of carbonyl (C=O) groups is 2. The molecule has 4 nitrogen and oxygen atoms in total. The quantitative estimate of drug-likeness (QED) is 0.208. The molecule has 2 aromatic rings. The van der Waals surface area contributed by atoms with Crippen LogP contribution in [0.25, 0.3) is 17.2 Å². The molecule has 0 fully saturated rings. The maximum Gasteiger partial charge on any atom is 0.345 e. The maximum atomic E-state index is 12.1. The van der Waals surface area contributed by atoms with E-state index in [0.29, 0.717) is 12.0 Å². The molecule has 4 heteroatoms. The van der Waals surface area contributed by atoms with Crippen molar-refractivity contribution < 1.29 is 19.1 Å². The molecule has 0 N–H and O–H groups in total. The zero-order chi connectivity index (χ0) is 20.4. The van der Waals surface area contributed by atoms with Crippen molar-refractivity contribution in [2.24, 2.45) is 0 Å². The Hall–Kier alpha value is -3.14. The first kappa shape index (κ1) is 21.2. The minimum atomic E-state index is -0.679. The van der Waals surface area contributed by atoms with Crippen molar-refractivity contribution in [1.29, 1.82) is 0 Å². The van der Waals surface area contributed by atoms with Crippen LogP contribution >= 0.6 is 0 Å². The fraction of sp³-hybridized carbons (Fsp3) is 0.250. The maximum absolute atomic E-state index is 12.1.